The quantitative estimate of drug-likeness (QED) is 0.820. The first-order chi connectivity index (χ1) is 12.5. The molecule has 7 nitrogen and oxygen atoms in total. The zero-order valence-corrected chi connectivity index (χ0v) is 15.0. The number of piperazine rings is 1. The first-order valence-electron chi connectivity index (χ1n) is 8.86. The molecule has 1 fully saturated rings. The van der Waals surface area contributed by atoms with Crippen LogP contribution in [0, 0.1) is 0 Å². The Labute approximate surface area is 153 Å². The highest BCUT2D eigenvalue weighted by molar-refractivity contribution is 5.82. The summed E-state index contributed by atoms with van der Waals surface area (Å²) in [5.74, 6) is -0.332. The summed E-state index contributed by atoms with van der Waals surface area (Å²) in [6.45, 7) is 2.26. The molecule has 2 amide bonds. The summed E-state index contributed by atoms with van der Waals surface area (Å²) in [7, 11) is 1.87. The Morgan fingerprint density at radius 1 is 1.19 bits per heavy atom. The van der Waals surface area contributed by atoms with Gasteiger partial charge in [0.05, 0.1) is 0 Å². The molecule has 2 heterocycles. The van der Waals surface area contributed by atoms with Gasteiger partial charge in [-0.15, -0.1) is 0 Å². The minimum Gasteiger partial charge on any atom is -0.368 e. The molecule has 0 unspecified atom stereocenters. The smallest absolute Gasteiger partial charge is 0.236 e. The molecule has 0 spiro atoms. The van der Waals surface area contributed by atoms with Gasteiger partial charge in [0.15, 0.2) is 0 Å². The number of nitrogens with zero attached hydrogens (tertiary/aromatic N) is 4. The normalized spacial score (nSPS) is 18.0. The fraction of sp³-hybridized carbons (Fsp3) is 0.421. The largest absolute Gasteiger partial charge is 0.368 e. The minimum absolute atomic E-state index is 0.0526. The molecule has 1 aliphatic heterocycles. The van der Waals surface area contributed by atoms with Crippen LogP contribution in [0.15, 0.2) is 42.6 Å². The van der Waals surface area contributed by atoms with Gasteiger partial charge in [-0.05, 0) is 18.1 Å². The fourth-order valence-electron chi connectivity index (χ4n) is 3.36. The van der Waals surface area contributed by atoms with Gasteiger partial charge in [0, 0.05) is 51.5 Å². The van der Waals surface area contributed by atoms with Gasteiger partial charge in [-0.2, -0.15) is 5.10 Å². The van der Waals surface area contributed by atoms with Gasteiger partial charge in [-0.3, -0.25) is 19.2 Å². The molecule has 138 valence electrons. The molecule has 0 radical (unpaired) electrons. The predicted molar refractivity (Wildman–Crippen MR) is 97.9 cm³/mol. The van der Waals surface area contributed by atoms with Gasteiger partial charge in [-0.25, -0.2) is 0 Å². The van der Waals surface area contributed by atoms with Crippen molar-refractivity contribution >= 4 is 11.8 Å². The lowest BCUT2D eigenvalue weighted by Crippen LogP contribution is -2.58. The number of nitrogens with two attached hydrogens (primary N) is 1. The number of primary amides is 1. The molecule has 0 saturated carbocycles. The molecule has 0 bridgehead atoms. The summed E-state index contributed by atoms with van der Waals surface area (Å²) in [4.78, 5) is 28.3. The monoisotopic (exact) mass is 355 g/mol. The van der Waals surface area contributed by atoms with Crippen molar-refractivity contribution in [3.05, 3.63) is 53.9 Å². The van der Waals surface area contributed by atoms with Crippen LogP contribution in [0.1, 0.15) is 17.7 Å². The number of aromatic nitrogens is 2. The Morgan fingerprint density at radius 2 is 1.96 bits per heavy atom. The maximum absolute atomic E-state index is 12.6. The highest BCUT2D eigenvalue weighted by atomic mass is 16.2. The summed E-state index contributed by atoms with van der Waals surface area (Å²) in [6.07, 6.45) is 2.77. The summed E-state index contributed by atoms with van der Waals surface area (Å²) in [5.41, 5.74) is 7.77. The van der Waals surface area contributed by atoms with E-state index in [2.05, 4.69) is 10.00 Å². The van der Waals surface area contributed by atoms with E-state index >= 15 is 0 Å². The second-order valence-corrected chi connectivity index (χ2v) is 6.66. The molecule has 1 aliphatic rings. The van der Waals surface area contributed by atoms with Crippen molar-refractivity contribution in [3.8, 4) is 0 Å². The Hall–Kier alpha value is -2.67. The van der Waals surface area contributed by atoms with Gasteiger partial charge < -0.3 is 10.6 Å². The summed E-state index contributed by atoms with van der Waals surface area (Å²) in [5, 5.41) is 4.12. The molecule has 3 rings (SSSR count). The second kappa shape index (κ2) is 8.14. The van der Waals surface area contributed by atoms with Gasteiger partial charge in [0.2, 0.25) is 11.8 Å². The first-order valence-corrected chi connectivity index (χ1v) is 8.86. The standard InChI is InChI=1S/C19H25N5O2/c1-22-16(9-10-21-22)7-8-18(25)24-12-11-23(17(14-24)19(20)26)13-15-5-3-2-4-6-15/h2-6,9-10,17H,7-8,11-14H2,1H3,(H2,20,26)/t17-/m1/s1. The average Bonchev–Trinajstić information content (AvgIpc) is 3.05. The van der Waals surface area contributed by atoms with E-state index in [9.17, 15) is 9.59 Å². The van der Waals surface area contributed by atoms with Crippen LogP contribution in [0.5, 0.6) is 0 Å². The summed E-state index contributed by atoms with van der Waals surface area (Å²) >= 11 is 0. The van der Waals surface area contributed by atoms with Crippen LogP contribution in [-0.4, -0.2) is 57.1 Å². The van der Waals surface area contributed by atoms with Crippen LogP contribution in [-0.2, 0) is 29.6 Å². The first kappa shape index (κ1) is 18.1. The van der Waals surface area contributed by atoms with Gasteiger partial charge >= 0.3 is 0 Å². The van der Waals surface area contributed by atoms with Gasteiger partial charge in [0.25, 0.3) is 0 Å². The molecule has 1 atom stereocenters. The van der Waals surface area contributed by atoms with Crippen LogP contribution in [0.3, 0.4) is 0 Å². The zero-order valence-electron chi connectivity index (χ0n) is 15.0. The lowest BCUT2D eigenvalue weighted by Gasteiger charge is -2.40. The van der Waals surface area contributed by atoms with Crippen molar-refractivity contribution in [2.75, 3.05) is 19.6 Å². The van der Waals surface area contributed by atoms with E-state index in [0.29, 0.717) is 39.0 Å². The third-order valence-electron chi connectivity index (χ3n) is 4.92. The Balaban J connectivity index is 1.59. The Bertz CT molecular complexity index is 758. The SMILES string of the molecule is Cn1nccc1CCC(=O)N1CCN(Cc2ccccc2)[C@@H](C(N)=O)C1. The van der Waals surface area contributed by atoms with Crippen molar-refractivity contribution in [2.24, 2.45) is 12.8 Å². The highest BCUT2D eigenvalue weighted by Gasteiger charge is 2.32. The Kier molecular flexibility index (Phi) is 5.68. The third-order valence-corrected chi connectivity index (χ3v) is 4.92. The van der Waals surface area contributed by atoms with E-state index in [1.807, 2.05) is 43.4 Å². The predicted octanol–water partition coefficient (Wildman–Crippen LogP) is 0.551. The molecule has 2 N–H and O–H groups in total. The number of amides is 2. The molecule has 1 saturated heterocycles. The van der Waals surface area contributed by atoms with E-state index in [1.165, 1.54) is 0 Å². The summed E-state index contributed by atoms with van der Waals surface area (Å²) in [6, 6.07) is 11.4. The maximum Gasteiger partial charge on any atom is 0.236 e. The molecular formula is C19H25N5O2. The molecule has 0 aliphatic carbocycles. The van der Waals surface area contributed by atoms with E-state index < -0.39 is 6.04 Å². The van der Waals surface area contributed by atoms with Crippen molar-refractivity contribution in [2.45, 2.75) is 25.4 Å². The topological polar surface area (TPSA) is 84.5 Å². The average molecular weight is 355 g/mol. The van der Waals surface area contributed by atoms with Crippen molar-refractivity contribution in [1.29, 1.82) is 0 Å². The molecule has 26 heavy (non-hydrogen) atoms. The molecular weight excluding hydrogens is 330 g/mol. The number of carbonyl (C=O) groups is 2. The summed E-state index contributed by atoms with van der Waals surface area (Å²) < 4.78 is 1.78. The van der Waals surface area contributed by atoms with Crippen LogP contribution >= 0.6 is 0 Å². The lowest BCUT2D eigenvalue weighted by molar-refractivity contribution is -0.137. The van der Waals surface area contributed by atoms with Crippen molar-refractivity contribution in [1.82, 2.24) is 19.6 Å². The van der Waals surface area contributed by atoms with Gasteiger partial charge in [-0.1, -0.05) is 30.3 Å². The van der Waals surface area contributed by atoms with E-state index in [1.54, 1.807) is 15.8 Å². The number of hydrogen-bond donors (Lipinski definition) is 1. The van der Waals surface area contributed by atoms with E-state index in [4.69, 9.17) is 5.73 Å². The number of rotatable bonds is 6. The Morgan fingerprint density at radius 3 is 2.62 bits per heavy atom. The number of aryl methyl sites for hydroxylation is 2. The number of benzene rings is 1. The maximum atomic E-state index is 12.6. The zero-order chi connectivity index (χ0) is 18.5. The van der Waals surface area contributed by atoms with Crippen LogP contribution < -0.4 is 5.73 Å². The molecule has 1 aromatic carbocycles. The van der Waals surface area contributed by atoms with E-state index in [0.717, 1.165) is 11.3 Å². The van der Waals surface area contributed by atoms with Crippen LogP contribution in [0.4, 0.5) is 0 Å². The number of carbonyl (C=O) groups excluding carboxylic acids is 2. The minimum atomic E-state index is -0.454. The van der Waals surface area contributed by atoms with Gasteiger partial charge in [0.1, 0.15) is 6.04 Å². The van der Waals surface area contributed by atoms with Crippen molar-refractivity contribution < 1.29 is 9.59 Å². The third kappa shape index (κ3) is 4.29. The fourth-order valence-corrected chi connectivity index (χ4v) is 3.36. The van der Waals surface area contributed by atoms with Crippen LogP contribution in [0.2, 0.25) is 0 Å². The van der Waals surface area contributed by atoms with Crippen molar-refractivity contribution in [3.63, 3.8) is 0 Å². The second-order valence-electron chi connectivity index (χ2n) is 6.66. The highest BCUT2D eigenvalue weighted by Crippen LogP contribution is 2.15. The molecule has 2 aromatic rings. The van der Waals surface area contributed by atoms with E-state index in [-0.39, 0.29) is 11.8 Å². The molecule has 1 aromatic heterocycles. The molecule has 7 heteroatoms. The lowest BCUT2D eigenvalue weighted by atomic mass is 10.1. The number of hydrogen-bond acceptors (Lipinski definition) is 4. The van der Waals surface area contributed by atoms with Crippen LogP contribution in [0.25, 0.3) is 0 Å².